The summed E-state index contributed by atoms with van der Waals surface area (Å²) >= 11 is 0. The lowest BCUT2D eigenvalue weighted by Crippen LogP contribution is -2.31. The van der Waals surface area contributed by atoms with Gasteiger partial charge in [-0.25, -0.2) is 4.79 Å². The number of aliphatic hydroxyl groups is 1. The summed E-state index contributed by atoms with van der Waals surface area (Å²) in [6.07, 6.45) is 0.849. The Bertz CT molecular complexity index is 357. The van der Waals surface area contributed by atoms with Crippen molar-refractivity contribution < 1.29 is 19.4 Å². The molecule has 1 N–H and O–H groups in total. The van der Waals surface area contributed by atoms with Crippen molar-refractivity contribution in [3.8, 4) is 0 Å². The SMILES string of the molecule is O=C(OCC(O)C1CCCO1)c1ccccc1. The second-order valence-corrected chi connectivity index (χ2v) is 4.08. The van der Waals surface area contributed by atoms with Crippen LogP contribution in [0.4, 0.5) is 0 Å². The Balaban J connectivity index is 1.80. The van der Waals surface area contributed by atoms with E-state index in [1.54, 1.807) is 24.3 Å². The zero-order chi connectivity index (χ0) is 12.1. The molecule has 0 bridgehead atoms. The fourth-order valence-electron chi connectivity index (χ4n) is 1.83. The fraction of sp³-hybridized carbons (Fsp3) is 0.462. The smallest absolute Gasteiger partial charge is 0.338 e. The first kappa shape index (κ1) is 12.1. The molecule has 2 rings (SSSR count). The van der Waals surface area contributed by atoms with Crippen molar-refractivity contribution in [1.82, 2.24) is 0 Å². The summed E-state index contributed by atoms with van der Waals surface area (Å²) in [5.41, 5.74) is 0.493. The van der Waals surface area contributed by atoms with Crippen LogP contribution in [0.15, 0.2) is 30.3 Å². The average Bonchev–Trinajstić information content (AvgIpc) is 2.90. The van der Waals surface area contributed by atoms with Gasteiger partial charge in [0.05, 0.1) is 11.7 Å². The minimum Gasteiger partial charge on any atom is -0.459 e. The summed E-state index contributed by atoms with van der Waals surface area (Å²) in [6, 6.07) is 8.74. The summed E-state index contributed by atoms with van der Waals surface area (Å²) in [5.74, 6) is -0.414. The average molecular weight is 236 g/mol. The normalized spacial score (nSPS) is 21.1. The topological polar surface area (TPSA) is 55.8 Å². The highest BCUT2D eigenvalue weighted by molar-refractivity contribution is 5.89. The van der Waals surface area contributed by atoms with Gasteiger partial charge in [-0.1, -0.05) is 18.2 Å². The molecular formula is C13H16O4. The number of esters is 1. The number of benzene rings is 1. The number of carbonyl (C=O) groups excluding carboxylic acids is 1. The van der Waals surface area contributed by atoms with E-state index >= 15 is 0 Å². The Morgan fingerprint density at radius 2 is 2.24 bits per heavy atom. The van der Waals surface area contributed by atoms with Crippen LogP contribution in [-0.2, 0) is 9.47 Å². The lowest BCUT2D eigenvalue weighted by molar-refractivity contribution is -0.0378. The van der Waals surface area contributed by atoms with E-state index in [2.05, 4.69) is 0 Å². The Morgan fingerprint density at radius 1 is 1.47 bits per heavy atom. The quantitative estimate of drug-likeness (QED) is 0.802. The molecule has 1 aromatic rings. The minimum atomic E-state index is -0.731. The van der Waals surface area contributed by atoms with Crippen molar-refractivity contribution in [3.63, 3.8) is 0 Å². The van der Waals surface area contributed by atoms with E-state index in [9.17, 15) is 9.90 Å². The second-order valence-electron chi connectivity index (χ2n) is 4.08. The van der Waals surface area contributed by atoms with Gasteiger partial charge in [-0.15, -0.1) is 0 Å². The highest BCUT2D eigenvalue weighted by atomic mass is 16.6. The molecule has 1 fully saturated rings. The first-order valence-corrected chi connectivity index (χ1v) is 5.79. The molecule has 0 spiro atoms. The Hall–Kier alpha value is -1.39. The highest BCUT2D eigenvalue weighted by Crippen LogP contribution is 2.16. The Morgan fingerprint density at radius 3 is 2.88 bits per heavy atom. The molecule has 2 unspecified atom stereocenters. The fourth-order valence-corrected chi connectivity index (χ4v) is 1.83. The van der Waals surface area contributed by atoms with Gasteiger partial charge in [0.1, 0.15) is 12.7 Å². The molecule has 1 saturated heterocycles. The predicted molar refractivity (Wildman–Crippen MR) is 61.7 cm³/mol. The van der Waals surface area contributed by atoms with E-state index in [0.29, 0.717) is 12.2 Å². The summed E-state index contributed by atoms with van der Waals surface area (Å²) in [5, 5.41) is 9.74. The van der Waals surface area contributed by atoms with Crippen LogP contribution in [0.25, 0.3) is 0 Å². The number of hydrogen-bond acceptors (Lipinski definition) is 4. The van der Waals surface area contributed by atoms with Gasteiger partial charge < -0.3 is 14.6 Å². The maximum Gasteiger partial charge on any atom is 0.338 e. The molecule has 0 radical (unpaired) electrons. The summed E-state index contributed by atoms with van der Waals surface area (Å²) < 4.78 is 10.3. The third-order valence-electron chi connectivity index (χ3n) is 2.79. The van der Waals surface area contributed by atoms with E-state index in [4.69, 9.17) is 9.47 Å². The minimum absolute atomic E-state index is 0.0155. The second kappa shape index (κ2) is 5.80. The molecule has 0 aromatic heterocycles. The van der Waals surface area contributed by atoms with Gasteiger partial charge in [0.2, 0.25) is 0 Å². The first-order valence-electron chi connectivity index (χ1n) is 5.79. The molecule has 0 saturated carbocycles. The number of aliphatic hydroxyl groups excluding tert-OH is 1. The van der Waals surface area contributed by atoms with Crippen LogP contribution in [-0.4, -0.2) is 36.5 Å². The highest BCUT2D eigenvalue weighted by Gasteiger charge is 2.25. The van der Waals surface area contributed by atoms with Crippen LogP contribution >= 0.6 is 0 Å². The van der Waals surface area contributed by atoms with E-state index in [-0.39, 0.29) is 12.7 Å². The molecule has 1 aliphatic heterocycles. The van der Waals surface area contributed by atoms with Gasteiger partial charge >= 0.3 is 5.97 Å². The molecule has 1 aliphatic rings. The van der Waals surface area contributed by atoms with E-state index in [1.165, 1.54) is 0 Å². The first-order chi connectivity index (χ1) is 8.27. The summed E-state index contributed by atoms with van der Waals surface area (Å²) in [6.45, 7) is 0.659. The van der Waals surface area contributed by atoms with Gasteiger partial charge in [0, 0.05) is 6.61 Å². The van der Waals surface area contributed by atoms with Gasteiger partial charge in [0.25, 0.3) is 0 Å². The molecule has 4 nitrogen and oxygen atoms in total. The number of hydrogen-bond donors (Lipinski definition) is 1. The summed E-state index contributed by atoms with van der Waals surface area (Å²) in [7, 11) is 0. The van der Waals surface area contributed by atoms with Crippen molar-refractivity contribution in [2.24, 2.45) is 0 Å². The largest absolute Gasteiger partial charge is 0.459 e. The maximum atomic E-state index is 11.6. The number of carbonyl (C=O) groups is 1. The van der Waals surface area contributed by atoms with E-state index < -0.39 is 12.1 Å². The van der Waals surface area contributed by atoms with Crippen LogP contribution < -0.4 is 0 Å². The predicted octanol–water partition coefficient (Wildman–Crippen LogP) is 1.38. The van der Waals surface area contributed by atoms with E-state index in [0.717, 1.165) is 12.8 Å². The lowest BCUT2D eigenvalue weighted by Gasteiger charge is -2.17. The van der Waals surface area contributed by atoms with Gasteiger partial charge in [0.15, 0.2) is 0 Å². The summed E-state index contributed by atoms with van der Waals surface area (Å²) in [4.78, 5) is 11.6. The van der Waals surface area contributed by atoms with Crippen LogP contribution in [0.1, 0.15) is 23.2 Å². The standard InChI is InChI=1S/C13H16O4/c14-11(12-7-4-8-16-12)9-17-13(15)10-5-2-1-3-6-10/h1-3,5-6,11-12,14H,4,7-9H2. The molecule has 2 atom stereocenters. The molecule has 92 valence electrons. The molecule has 1 aromatic carbocycles. The molecule has 17 heavy (non-hydrogen) atoms. The third kappa shape index (κ3) is 3.28. The van der Waals surface area contributed by atoms with Gasteiger partial charge in [-0.2, -0.15) is 0 Å². The molecule has 4 heteroatoms. The molecule has 0 aliphatic carbocycles. The van der Waals surface area contributed by atoms with E-state index in [1.807, 2.05) is 6.07 Å². The molecular weight excluding hydrogens is 220 g/mol. The number of rotatable bonds is 4. The maximum absolute atomic E-state index is 11.6. The van der Waals surface area contributed by atoms with Crippen molar-refractivity contribution in [2.45, 2.75) is 25.0 Å². The number of ether oxygens (including phenoxy) is 2. The van der Waals surface area contributed by atoms with Crippen molar-refractivity contribution in [2.75, 3.05) is 13.2 Å². The Labute approximate surface area is 100 Å². The van der Waals surface area contributed by atoms with Crippen LogP contribution in [0, 0.1) is 0 Å². The zero-order valence-electron chi connectivity index (χ0n) is 9.54. The van der Waals surface area contributed by atoms with Crippen LogP contribution in [0.5, 0.6) is 0 Å². The van der Waals surface area contributed by atoms with Crippen molar-refractivity contribution in [3.05, 3.63) is 35.9 Å². The molecule has 0 amide bonds. The zero-order valence-corrected chi connectivity index (χ0v) is 9.54. The van der Waals surface area contributed by atoms with Crippen molar-refractivity contribution >= 4 is 5.97 Å². The Kier molecular flexibility index (Phi) is 4.12. The van der Waals surface area contributed by atoms with Gasteiger partial charge in [-0.3, -0.25) is 0 Å². The van der Waals surface area contributed by atoms with Crippen LogP contribution in [0.3, 0.4) is 0 Å². The third-order valence-corrected chi connectivity index (χ3v) is 2.79. The van der Waals surface area contributed by atoms with Crippen LogP contribution in [0.2, 0.25) is 0 Å². The lowest BCUT2D eigenvalue weighted by atomic mass is 10.1. The van der Waals surface area contributed by atoms with Crippen molar-refractivity contribution in [1.29, 1.82) is 0 Å². The van der Waals surface area contributed by atoms with Gasteiger partial charge in [-0.05, 0) is 25.0 Å². The monoisotopic (exact) mass is 236 g/mol. The molecule has 1 heterocycles.